The van der Waals surface area contributed by atoms with Gasteiger partial charge in [0, 0.05) is 16.3 Å². The first-order valence-corrected chi connectivity index (χ1v) is 7.36. The molecule has 0 atom stereocenters. The van der Waals surface area contributed by atoms with Crippen LogP contribution in [-0.2, 0) is 0 Å². The van der Waals surface area contributed by atoms with Crippen molar-refractivity contribution in [1.29, 1.82) is 5.26 Å². The molecule has 0 amide bonds. The number of rotatable bonds is 1. The number of nitrogens with zero attached hydrogens (tertiary/aromatic N) is 2. The first kappa shape index (κ1) is 13.3. The van der Waals surface area contributed by atoms with Crippen LogP contribution in [0.25, 0.3) is 32.8 Å². The molecule has 0 radical (unpaired) electrons. The molecule has 108 valence electrons. The zero-order valence-electron chi connectivity index (χ0n) is 12.3. The number of nitrogen functional groups attached to an aromatic ring is 1. The maximum Gasteiger partial charge on any atom is 0.142 e. The van der Waals surface area contributed by atoms with E-state index in [2.05, 4.69) is 17.1 Å². The van der Waals surface area contributed by atoms with E-state index in [0.717, 1.165) is 32.8 Å². The second kappa shape index (κ2) is 5.11. The van der Waals surface area contributed by atoms with Crippen molar-refractivity contribution >= 4 is 27.5 Å². The molecule has 0 aliphatic carbocycles. The first-order valence-electron chi connectivity index (χ1n) is 7.36. The maximum atomic E-state index is 9.56. The molecule has 0 spiro atoms. The van der Waals surface area contributed by atoms with E-state index < -0.39 is 0 Å². The van der Waals surface area contributed by atoms with Crippen LogP contribution in [0.1, 0.15) is 5.56 Å². The molecule has 0 fully saturated rings. The molecule has 3 heteroatoms. The van der Waals surface area contributed by atoms with E-state index in [4.69, 9.17) is 5.73 Å². The number of hydrogen-bond acceptors (Lipinski definition) is 3. The van der Waals surface area contributed by atoms with Gasteiger partial charge in [-0.2, -0.15) is 5.26 Å². The topological polar surface area (TPSA) is 62.7 Å². The fraction of sp³-hybridized carbons (Fsp3) is 0. The Balaban J connectivity index is 2.23. The van der Waals surface area contributed by atoms with E-state index >= 15 is 0 Å². The van der Waals surface area contributed by atoms with Gasteiger partial charge in [-0.05, 0) is 10.9 Å². The number of fused-ring (bicyclic) bond motifs is 3. The van der Waals surface area contributed by atoms with E-state index in [1.54, 1.807) is 0 Å². The Kier molecular flexibility index (Phi) is 2.96. The van der Waals surface area contributed by atoms with Crippen LogP contribution in [0, 0.1) is 11.3 Å². The summed E-state index contributed by atoms with van der Waals surface area (Å²) < 4.78 is 0. The van der Waals surface area contributed by atoms with Crippen molar-refractivity contribution in [3.8, 4) is 17.2 Å². The molecule has 0 saturated heterocycles. The normalized spacial score (nSPS) is 10.7. The first-order chi connectivity index (χ1) is 11.3. The van der Waals surface area contributed by atoms with Crippen molar-refractivity contribution in [3.05, 3.63) is 72.3 Å². The van der Waals surface area contributed by atoms with Crippen LogP contribution in [-0.4, -0.2) is 4.98 Å². The van der Waals surface area contributed by atoms with E-state index in [1.807, 2.05) is 60.7 Å². The molecule has 0 unspecified atom stereocenters. The van der Waals surface area contributed by atoms with Crippen LogP contribution in [0.2, 0.25) is 0 Å². The van der Waals surface area contributed by atoms with Crippen LogP contribution in [0.5, 0.6) is 0 Å². The number of nitriles is 1. The molecule has 1 heterocycles. The molecule has 1 aromatic heterocycles. The highest BCUT2D eigenvalue weighted by atomic mass is 14.8. The van der Waals surface area contributed by atoms with Gasteiger partial charge in [0.15, 0.2) is 0 Å². The number of pyridine rings is 1. The molecular weight excluding hydrogens is 282 g/mol. The van der Waals surface area contributed by atoms with Crippen molar-refractivity contribution < 1.29 is 0 Å². The fourth-order valence-electron chi connectivity index (χ4n) is 3.03. The lowest BCUT2D eigenvalue weighted by atomic mass is 9.94. The number of aromatic nitrogens is 1. The standard InChI is InChI=1S/C20H13N3/c21-12-17-18(14-7-2-1-3-8-14)16-11-10-13-6-4-5-9-15(13)19(16)23-20(17)22/h1-11H,(H2,22,23). The van der Waals surface area contributed by atoms with Crippen LogP contribution in [0.15, 0.2) is 66.7 Å². The van der Waals surface area contributed by atoms with Gasteiger partial charge in [0.1, 0.15) is 17.5 Å². The quantitative estimate of drug-likeness (QED) is 0.525. The van der Waals surface area contributed by atoms with E-state index in [-0.39, 0.29) is 5.82 Å². The van der Waals surface area contributed by atoms with Crippen molar-refractivity contribution in [2.75, 3.05) is 5.73 Å². The summed E-state index contributed by atoms with van der Waals surface area (Å²) in [7, 11) is 0. The van der Waals surface area contributed by atoms with Gasteiger partial charge in [0.05, 0.1) is 5.52 Å². The minimum absolute atomic E-state index is 0.273. The third-order valence-electron chi connectivity index (χ3n) is 4.08. The van der Waals surface area contributed by atoms with Crippen molar-refractivity contribution in [2.45, 2.75) is 0 Å². The Labute approximate surface area is 133 Å². The fourth-order valence-corrected chi connectivity index (χ4v) is 3.03. The number of hydrogen-bond donors (Lipinski definition) is 1. The summed E-state index contributed by atoms with van der Waals surface area (Å²) >= 11 is 0. The lowest BCUT2D eigenvalue weighted by Gasteiger charge is -2.12. The Bertz CT molecular complexity index is 1080. The second-order valence-corrected chi connectivity index (χ2v) is 5.41. The highest BCUT2D eigenvalue weighted by Crippen LogP contribution is 2.36. The predicted octanol–water partition coefficient (Wildman–Crippen LogP) is 4.51. The molecule has 0 aliphatic heterocycles. The molecule has 0 aliphatic rings. The Morgan fingerprint density at radius 1 is 0.826 bits per heavy atom. The lowest BCUT2D eigenvalue weighted by molar-refractivity contribution is 1.38. The summed E-state index contributed by atoms with van der Waals surface area (Å²) in [6, 6.07) is 24.2. The largest absolute Gasteiger partial charge is 0.383 e. The van der Waals surface area contributed by atoms with E-state index in [9.17, 15) is 5.26 Å². The SMILES string of the molecule is N#Cc1c(N)nc2c(ccc3ccccc32)c1-c1ccccc1. The van der Waals surface area contributed by atoms with Crippen LogP contribution >= 0.6 is 0 Å². The summed E-state index contributed by atoms with van der Waals surface area (Å²) in [4.78, 5) is 4.52. The van der Waals surface area contributed by atoms with E-state index in [0.29, 0.717) is 5.56 Å². The van der Waals surface area contributed by atoms with Gasteiger partial charge in [0.2, 0.25) is 0 Å². The van der Waals surface area contributed by atoms with Crippen molar-refractivity contribution in [3.63, 3.8) is 0 Å². The summed E-state index contributed by atoms with van der Waals surface area (Å²) in [5.41, 5.74) is 9.17. The van der Waals surface area contributed by atoms with Crippen molar-refractivity contribution in [1.82, 2.24) is 4.98 Å². The van der Waals surface area contributed by atoms with Gasteiger partial charge in [-0.25, -0.2) is 4.98 Å². The van der Waals surface area contributed by atoms with Gasteiger partial charge >= 0.3 is 0 Å². The smallest absolute Gasteiger partial charge is 0.142 e. The molecule has 0 saturated carbocycles. The molecule has 4 rings (SSSR count). The van der Waals surface area contributed by atoms with E-state index in [1.165, 1.54) is 0 Å². The summed E-state index contributed by atoms with van der Waals surface area (Å²) in [5, 5.41) is 12.7. The summed E-state index contributed by atoms with van der Waals surface area (Å²) in [6.45, 7) is 0. The molecule has 3 nitrogen and oxygen atoms in total. The highest BCUT2D eigenvalue weighted by molar-refractivity contribution is 6.11. The average molecular weight is 295 g/mol. The molecule has 23 heavy (non-hydrogen) atoms. The predicted molar refractivity (Wildman–Crippen MR) is 93.8 cm³/mol. The van der Waals surface area contributed by atoms with Gasteiger partial charge in [-0.1, -0.05) is 66.7 Å². The van der Waals surface area contributed by atoms with Gasteiger partial charge in [0.25, 0.3) is 0 Å². The Morgan fingerprint density at radius 3 is 2.35 bits per heavy atom. The zero-order valence-corrected chi connectivity index (χ0v) is 12.3. The van der Waals surface area contributed by atoms with Gasteiger partial charge in [-0.15, -0.1) is 0 Å². The Morgan fingerprint density at radius 2 is 1.57 bits per heavy atom. The third-order valence-corrected chi connectivity index (χ3v) is 4.08. The molecular formula is C20H13N3. The van der Waals surface area contributed by atoms with Gasteiger partial charge < -0.3 is 5.73 Å². The monoisotopic (exact) mass is 295 g/mol. The molecule has 2 N–H and O–H groups in total. The minimum Gasteiger partial charge on any atom is -0.383 e. The minimum atomic E-state index is 0.273. The van der Waals surface area contributed by atoms with Crippen LogP contribution < -0.4 is 5.73 Å². The van der Waals surface area contributed by atoms with Crippen LogP contribution in [0.4, 0.5) is 5.82 Å². The van der Waals surface area contributed by atoms with Gasteiger partial charge in [-0.3, -0.25) is 0 Å². The number of anilines is 1. The van der Waals surface area contributed by atoms with Crippen molar-refractivity contribution in [2.24, 2.45) is 0 Å². The van der Waals surface area contributed by atoms with Crippen LogP contribution in [0.3, 0.4) is 0 Å². The summed E-state index contributed by atoms with van der Waals surface area (Å²) in [6.07, 6.45) is 0. The highest BCUT2D eigenvalue weighted by Gasteiger charge is 2.16. The molecule has 4 aromatic rings. The lowest BCUT2D eigenvalue weighted by Crippen LogP contribution is -1.99. The third kappa shape index (κ3) is 2.01. The molecule has 0 bridgehead atoms. The Hall–Kier alpha value is -3.38. The second-order valence-electron chi connectivity index (χ2n) is 5.41. The number of benzene rings is 3. The summed E-state index contributed by atoms with van der Waals surface area (Å²) in [5.74, 6) is 0.273. The maximum absolute atomic E-state index is 9.56. The number of nitrogens with two attached hydrogens (primary N) is 1. The molecule has 3 aromatic carbocycles. The average Bonchev–Trinajstić information content (AvgIpc) is 2.61. The zero-order chi connectivity index (χ0) is 15.8.